The predicted octanol–water partition coefficient (Wildman–Crippen LogP) is 3.53. The van der Waals surface area contributed by atoms with Crippen LogP contribution in [-0.2, 0) is 11.2 Å². The third kappa shape index (κ3) is 4.14. The molecule has 1 heterocycles. The van der Waals surface area contributed by atoms with Crippen molar-refractivity contribution in [3.05, 3.63) is 29.8 Å². The van der Waals surface area contributed by atoms with Crippen molar-refractivity contribution in [2.24, 2.45) is 5.92 Å². The van der Waals surface area contributed by atoms with E-state index in [0.717, 1.165) is 0 Å². The van der Waals surface area contributed by atoms with Gasteiger partial charge in [0.2, 0.25) is 0 Å². The van der Waals surface area contributed by atoms with Gasteiger partial charge in [0.15, 0.2) is 0 Å². The molecule has 0 aliphatic carbocycles. The van der Waals surface area contributed by atoms with E-state index in [1.54, 1.807) is 12.1 Å². The van der Waals surface area contributed by atoms with E-state index in [9.17, 15) is 9.18 Å². The number of halogens is 1. The van der Waals surface area contributed by atoms with E-state index in [-0.39, 0.29) is 12.2 Å². The topological polar surface area (TPSA) is 63.1 Å². The van der Waals surface area contributed by atoms with Crippen molar-refractivity contribution in [2.75, 3.05) is 5.75 Å². The van der Waals surface area contributed by atoms with Gasteiger partial charge in [0.25, 0.3) is 0 Å². The molecule has 6 heteroatoms. The van der Waals surface area contributed by atoms with E-state index in [1.807, 2.05) is 0 Å². The largest absolute Gasteiger partial charge is 0.481 e. The highest BCUT2D eigenvalue weighted by molar-refractivity contribution is 7.99. The highest BCUT2D eigenvalue weighted by Crippen LogP contribution is 2.28. The first-order valence-corrected chi connectivity index (χ1v) is 7.75. The van der Waals surface area contributed by atoms with Gasteiger partial charge in [0, 0.05) is 12.2 Å². The van der Waals surface area contributed by atoms with Crippen molar-refractivity contribution in [3.63, 3.8) is 0 Å². The minimum Gasteiger partial charge on any atom is -0.481 e. The Morgan fingerprint density at radius 3 is 2.81 bits per heavy atom. The zero-order chi connectivity index (χ0) is 15.4. The van der Waals surface area contributed by atoms with Crippen molar-refractivity contribution in [2.45, 2.75) is 31.7 Å². The molecule has 21 heavy (non-hydrogen) atoms. The van der Waals surface area contributed by atoms with Crippen LogP contribution in [0, 0.1) is 11.7 Å². The normalized spacial score (nSPS) is 11.2. The first kappa shape index (κ1) is 15.7. The number of carbonyl (C=O) groups is 1. The predicted molar refractivity (Wildman–Crippen MR) is 81.0 cm³/mol. The molecule has 0 bridgehead atoms. The Labute approximate surface area is 126 Å². The number of thioether (sulfide) groups is 1. The van der Waals surface area contributed by atoms with Crippen molar-refractivity contribution in [3.8, 4) is 0 Å². The summed E-state index contributed by atoms with van der Waals surface area (Å²) in [5, 5.41) is 9.61. The fourth-order valence-corrected chi connectivity index (χ4v) is 2.94. The monoisotopic (exact) mass is 308 g/mol. The maximum atomic E-state index is 14.0. The van der Waals surface area contributed by atoms with Crippen LogP contribution < -0.4 is 0 Å². The molecule has 0 saturated heterocycles. The van der Waals surface area contributed by atoms with Crippen molar-refractivity contribution < 1.29 is 14.3 Å². The van der Waals surface area contributed by atoms with E-state index in [1.165, 1.54) is 17.8 Å². The molecule has 0 fully saturated rings. The van der Waals surface area contributed by atoms with Crippen LogP contribution in [0.3, 0.4) is 0 Å². The number of nitrogens with zero attached hydrogens (tertiary/aromatic N) is 2. The molecule has 0 radical (unpaired) electrons. The minimum absolute atomic E-state index is 0.0180. The lowest BCUT2D eigenvalue weighted by atomic mass is 10.1. The van der Waals surface area contributed by atoms with Gasteiger partial charge in [-0.2, -0.15) is 0 Å². The zero-order valence-corrected chi connectivity index (χ0v) is 12.8. The molecule has 2 rings (SSSR count). The Kier molecular flexibility index (Phi) is 5.12. The zero-order valence-electron chi connectivity index (χ0n) is 12.0. The number of rotatable bonds is 6. The number of aromatic nitrogens is 2. The number of hydrogen-bond acceptors (Lipinski definition) is 4. The molecule has 0 atom stereocenters. The van der Waals surface area contributed by atoms with Crippen molar-refractivity contribution in [1.82, 2.24) is 9.97 Å². The SMILES string of the molecule is CC(C)Cc1nc(SCCC(=O)O)c2c(F)cccc2n1. The second kappa shape index (κ2) is 6.85. The average molecular weight is 308 g/mol. The number of carboxylic acids is 1. The number of carboxylic acid groups (broad SMARTS) is 1. The molecule has 0 aliphatic rings. The van der Waals surface area contributed by atoms with Crippen LogP contribution in [0.15, 0.2) is 23.2 Å². The van der Waals surface area contributed by atoms with Crippen LogP contribution in [-0.4, -0.2) is 26.8 Å². The maximum Gasteiger partial charge on any atom is 0.304 e. The fourth-order valence-electron chi connectivity index (χ4n) is 1.95. The molecule has 0 unspecified atom stereocenters. The van der Waals surface area contributed by atoms with Crippen LogP contribution in [0.4, 0.5) is 4.39 Å². The smallest absolute Gasteiger partial charge is 0.304 e. The summed E-state index contributed by atoms with van der Waals surface area (Å²) in [5.41, 5.74) is 0.568. The Morgan fingerprint density at radius 2 is 2.14 bits per heavy atom. The van der Waals surface area contributed by atoms with Crippen LogP contribution in [0.2, 0.25) is 0 Å². The molecule has 0 spiro atoms. The Hall–Kier alpha value is -1.69. The standard InChI is InChI=1S/C15H17FN2O2S/c1-9(2)8-12-17-11-5-3-4-10(16)14(11)15(18-12)21-7-6-13(19)20/h3-5,9H,6-8H2,1-2H3,(H,19,20). The molecule has 0 aliphatic heterocycles. The molecule has 1 aromatic carbocycles. The van der Waals surface area contributed by atoms with Gasteiger partial charge in [-0.3, -0.25) is 4.79 Å². The molecular weight excluding hydrogens is 291 g/mol. The first-order valence-electron chi connectivity index (χ1n) is 6.77. The molecule has 2 aromatic rings. The summed E-state index contributed by atoms with van der Waals surface area (Å²) < 4.78 is 14.0. The molecule has 112 valence electrons. The fraction of sp³-hybridized carbons (Fsp3) is 0.400. The number of benzene rings is 1. The number of fused-ring (bicyclic) bond motifs is 1. The van der Waals surface area contributed by atoms with Crippen LogP contribution in [0.5, 0.6) is 0 Å². The van der Waals surface area contributed by atoms with Crippen molar-refractivity contribution in [1.29, 1.82) is 0 Å². The second-order valence-corrected chi connectivity index (χ2v) is 6.25. The van der Waals surface area contributed by atoms with Crippen LogP contribution >= 0.6 is 11.8 Å². The number of hydrogen-bond donors (Lipinski definition) is 1. The second-order valence-electron chi connectivity index (χ2n) is 5.17. The molecule has 0 amide bonds. The minimum atomic E-state index is -0.872. The van der Waals surface area contributed by atoms with Gasteiger partial charge in [-0.1, -0.05) is 19.9 Å². The maximum absolute atomic E-state index is 14.0. The van der Waals surface area contributed by atoms with Gasteiger partial charge >= 0.3 is 5.97 Å². The Bertz CT molecular complexity index is 661. The first-order chi connectivity index (χ1) is 9.97. The lowest BCUT2D eigenvalue weighted by Crippen LogP contribution is -2.04. The van der Waals surface area contributed by atoms with Crippen molar-refractivity contribution >= 4 is 28.6 Å². The summed E-state index contributed by atoms with van der Waals surface area (Å²) in [7, 11) is 0. The van der Waals surface area contributed by atoms with Gasteiger partial charge in [0.05, 0.1) is 17.3 Å². The summed E-state index contributed by atoms with van der Waals surface area (Å²) in [6.45, 7) is 4.13. The lowest BCUT2D eigenvalue weighted by Gasteiger charge is -2.10. The molecule has 1 aromatic heterocycles. The molecule has 4 nitrogen and oxygen atoms in total. The van der Waals surface area contributed by atoms with Gasteiger partial charge in [-0.15, -0.1) is 11.8 Å². The van der Waals surface area contributed by atoms with Gasteiger partial charge < -0.3 is 5.11 Å². The average Bonchev–Trinajstić information content (AvgIpc) is 2.37. The molecular formula is C15H17FN2O2S. The van der Waals surface area contributed by atoms with Gasteiger partial charge in [0.1, 0.15) is 16.7 Å². The summed E-state index contributed by atoms with van der Waals surface area (Å²) >= 11 is 1.26. The quantitative estimate of drug-likeness (QED) is 0.653. The van der Waals surface area contributed by atoms with E-state index >= 15 is 0 Å². The van der Waals surface area contributed by atoms with E-state index in [4.69, 9.17) is 5.11 Å². The number of aliphatic carboxylic acids is 1. The molecule has 1 N–H and O–H groups in total. The van der Waals surface area contributed by atoms with Crippen LogP contribution in [0.25, 0.3) is 10.9 Å². The van der Waals surface area contributed by atoms with E-state index < -0.39 is 5.97 Å². The summed E-state index contributed by atoms with van der Waals surface area (Å²) in [6, 6.07) is 4.75. The Balaban J connectivity index is 2.40. The van der Waals surface area contributed by atoms with Gasteiger partial charge in [-0.05, 0) is 18.1 Å². The van der Waals surface area contributed by atoms with Gasteiger partial charge in [-0.25, -0.2) is 14.4 Å². The molecule has 0 saturated carbocycles. The third-order valence-electron chi connectivity index (χ3n) is 2.83. The summed E-state index contributed by atoms with van der Waals surface area (Å²) in [5.74, 6) is 0.177. The summed E-state index contributed by atoms with van der Waals surface area (Å²) in [6.07, 6.45) is 0.725. The van der Waals surface area contributed by atoms with Crippen LogP contribution in [0.1, 0.15) is 26.1 Å². The summed E-state index contributed by atoms with van der Waals surface area (Å²) in [4.78, 5) is 19.4. The highest BCUT2D eigenvalue weighted by atomic mass is 32.2. The van der Waals surface area contributed by atoms with E-state index in [0.29, 0.717) is 39.8 Å². The third-order valence-corrected chi connectivity index (χ3v) is 3.81. The van der Waals surface area contributed by atoms with E-state index in [2.05, 4.69) is 23.8 Å². The highest BCUT2D eigenvalue weighted by Gasteiger charge is 2.13. The lowest BCUT2D eigenvalue weighted by molar-refractivity contribution is -0.136. The Morgan fingerprint density at radius 1 is 1.38 bits per heavy atom.